The van der Waals surface area contributed by atoms with Gasteiger partial charge in [0.2, 0.25) is 0 Å². The summed E-state index contributed by atoms with van der Waals surface area (Å²) in [5, 5.41) is 3.34. The Hall–Kier alpha value is 0.0569. The summed E-state index contributed by atoms with van der Waals surface area (Å²) in [4.78, 5) is 0. The maximum atomic E-state index is 5.62. The molecule has 5 heteroatoms. The first-order chi connectivity index (χ1) is 7.74. The summed E-state index contributed by atoms with van der Waals surface area (Å²) in [5.41, 5.74) is 0. The minimum atomic E-state index is -1.88. The first-order valence-electron chi connectivity index (χ1n) is 6.04. The molecule has 98 valence electrons. The second kappa shape index (κ2) is 10.2. The monoisotopic (exact) mass is 249 g/mol. The van der Waals surface area contributed by atoms with Crippen LogP contribution in [0.5, 0.6) is 0 Å². The van der Waals surface area contributed by atoms with E-state index in [9.17, 15) is 0 Å². The molecule has 4 nitrogen and oxygen atoms in total. The van der Waals surface area contributed by atoms with Crippen LogP contribution in [0.15, 0.2) is 0 Å². The Kier molecular flexibility index (Phi) is 10.3. The summed E-state index contributed by atoms with van der Waals surface area (Å²) >= 11 is 0. The normalized spacial score (nSPS) is 12.0. The molecule has 0 amide bonds. The van der Waals surface area contributed by atoms with Crippen LogP contribution in [0.3, 0.4) is 0 Å². The lowest BCUT2D eigenvalue weighted by molar-refractivity contribution is 0.199. The van der Waals surface area contributed by atoms with Gasteiger partial charge in [0.25, 0.3) is 0 Å². The highest BCUT2D eigenvalue weighted by atomic mass is 28.4. The lowest BCUT2D eigenvalue weighted by atomic mass is 10.5. The van der Waals surface area contributed by atoms with Gasteiger partial charge in [-0.15, -0.1) is 0 Å². The van der Waals surface area contributed by atoms with E-state index in [1.54, 1.807) is 21.3 Å². The van der Waals surface area contributed by atoms with Gasteiger partial charge in [-0.1, -0.05) is 13.3 Å². The third-order valence-electron chi connectivity index (χ3n) is 2.77. The molecule has 16 heavy (non-hydrogen) atoms. The van der Waals surface area contributed by atoms with E-state index >= 15 is 0 Å². The van der Waals surface area contributed by atoms with E-state index < -0.39 is 8.56 Å². The molecule has 0 fully saturated rings. The minimum absolute atomic E-state index is 0.770. The third-order valence-corrected chi connectivity index (χ3v) is 6.63. The predicted molar refractivity (Wildman–Crippen MR) is 69.0 cm³/mol. The van der Waals surface area contributed by atoms with Crippen molar-refractivity contribution in [2.75, 3.05) is 41.0 Å². The van der Waals surface area contributed by atoms with Gasteiger partial charge < -0.3 is 18.9 Å². The number of hydrogen-bond donors (Lipinski definition) is 1. The van der Waals surface area contributed by atoms with Crippen molar-refractivity contribution in [1.29, 1.82) is 0 Å². The molecule has 0 aliphatic heterocycles. The average molecular weight is 249 g/mol. The molecule has 0 aromatic rings. The molecule has 0 bridgehead atoms. The summed E-state index contributed by atoms with van der Waals surface area (Å²) < 4.78 is 16.2. The molecule has 0 saturated heterocycles. The molecule has 0 aromatic heterocycles. The van der Waals surface area contributed by atoms with Crippen LogP contribution in [0.25, 0.3) is 0 Å². The van der Waals surface area contributed by atoms with Crippen molar-refractivity contribution in [3.8, 4) is 0 Å². The van der Waals surface area contributed by atoms with E-state index in [0.29, 0.717) is 0 Å². The van der Waals surface area contributed by atoms with Gasteiger partial charge in [0, 0.05) is 27.9 Å². The van der Waals surface area contributed by atoms with Gasteiger partial charge in [-0.2, -0.15) is 0 Å². The number of methoxy groups -OCH3 is 1. The van der Waals surface area contributed by atoms with E-state index in [1.807, 2.05) is 0 Å². The Balaban J connectivity index is 3.67. The summed E-state index contributed by atoms with van der Waals surface area (Å²) in [6, 6.07) is 2.14. The van der Waals surface area contributed by atoms with Crippen LogP contribution in [0, 0.1) is 0 Å². The summed E-state index contributed by atoms with van der Waals surface area (Å²) in [6.45, 7) is 4.87. The average Bonchev–Trinajstić information content (AvgIpc) is 2.32. The smallest absolute Gasteiger partial charge is 0.337 e. The van der Waals surface area contributed by atoms with Gasteiger partial charge in [0.15, 0.2) is 0 Å². The Morgan fingerprint density at radius 2 is 1.69 bits per heavy atom. The molecule has 0 saturated carbocycles. The zero-order valence-electron chi connectivity index (χ0n) is 11.2. The topological polar surface area (TPSA) is 39.7 Å². The van der Waals surface area contributed by atoms with Crippen LogP contribution in [0.1, 0.15) is 19.8 Å². The Morgan fingerprint density at radius 1 is 1.00 bits per heavy atom. The summed E-state index contributed by atoms with van der Waals surface area (Å²) in [7, 11) is 3.40. The fourth-order valence-electron chi connectivity index (χ4n) is 1.78. The number of rotatable bonds is 11. The SMILES string of the molecule is CCC[Si](CCCNCCOC)(OC)OC. The van der Waals surface area contributed by atoms with Crippen LogP contribution >= 0.6 is 0 Å². The molecule has 0 heterocycles. The molecule has 0 aliphatic carbocycles. The van der Waals surface area contributed by atoms with Crippen LogP contribution < -0.4 is 5.32 Å². The van der Waals surface area contributed by atoms with Crippen molar-refractivity contribution in [1.82, 2.24) is 5.32 Å². The minimum Gasteiger partial charge on any atom is -0.398 e. The van der Waals surface area contributed by atoms with E-state index in [2.05, 4.69) is 12.2 Å². The number of hydrogen-bond acceptors (Lipinski definition) is 4. The van der Waals surface area contributed by atoms with E-state index in [4.69, 9.17) is 13.6 Å². The largest absolute Gasteiger partial charge is 0.398 e. The van der Waals surface area contributed by atoms with E-state index in [1.165, 1.54) is 0 Å². The molecule has 0 radical (unpaired) electrons. The van der Waals surface area contributed by atoms with Crippen molar-refractivity contribution in [2.24, 2.45) is 0 Å². The van der Waals surface area contributed by atoms with Gasteiger partial charge in [-0.05, 0) is 25.1 Å². The van der Waals surface area contributed by atoms with Gasteiger partial charge in [-0.3, -0.25) is 0 Å². The van der Waals surface area contributed by atoms with Crippen molar-refractivity contribution in [2.45, 2.75) is 31.9 Å². The first kappa shape index (κ1) is 16.1. The Labute approximate surface area is 101 Å². The first-order valence-corrected chi connectivity index (χ1v) is 8.27. The second-order valence-electron chi connectivity index (χ2n) is 3.92. The van der Waals surface area contributed by atoms with Gasteiger partial charge in [0.05, 0.1) is 6.61 Å². The van der Waals surface area contributed by atoms with Crippen molar-refractivity contribution in [3.63, 3.8) is 0 Å². The van der Waals surface area contributed by atoms with Gasteiger partial charge in [0.1, 0.15) is 0 Å². The predicted octanol–water partition coefficient (Wildman–Crippen LogP) is 1.76. The summed E-state index contributed by atoms with van der Waals surface area (Å²) in [6.07, 6.45) is 2.24. The quantitative estimate of drug-likeness (QED) is 0.447. The van der Waals surface area contributed by atoms with E-state index in [0.717, 1.165) is 44.6 Å². The van der Waals surface area contributed by atoms with Crippen molar-refractivity contribution in [3.05, 3.63) is 0 Å². The molecule has 0 unspecified atom stereocenters. The Bertz CT molecular complexity index is 154. The zero-order chi connectivity index (χ0) is 12.3. The highest BCUT2D eigenvalue weighted by Gasteiger charge is 2.33. The molecule has 0 rings (SSSR count). The molecule has 0 atom stereocenters. The van der Waals surface area contributed by atoms with Crippen molar-refractivity contribution >= 4 is 8.56 Å². The van der Waals surface area contributed by atoms with Crippen molar-refractivity contribution < 1.29 is 13.6 Å². The molecule has 0 spiro atoms. The van der Waals surface area contributed by atoms with Gasteiger partial charge in [-0.25, -0.2) is 0 Å². The van der Waals surface area contributed by atoms with Crippen LogP contribution in [-0.2, 0) is 13.6 Å². The van der Waals surface area contributed by atoms with Crippen LogP contribution in [0.2, 0.25) is 12.1 Å². The molecule has 0 aromatic carbocycles. The van der Waals surface area contributed by atoms with Crippen LogP contribution in [0.4, 0.5) is 0 Å². The molecule has 0 aliphatic rings. The fraction of sp³-hybridized carbons (Fsp3) is 1.00. The van der Waals surface area contributed by atoms with Gasteiger partial charge >= 0.3 is 8.56 Å². The highest BCUT2D eigenvalue weighted by molar-refractivity contribution is 6.67. The third kappa shape index (κ3) is 6.60. The molecular formula is C11H27NO3Si. The molecule has 1 N–H and O–H groups in total. The standard InChI is InChI=1S/C11H27NO3Si/c1-5-10-16(14-3,15-4)11-6-7-12-8-9-13-2/h12H,5-11H2,1-4H3. The zero-order valence-corrected chi connectivity index (χ0v) is 12.2. The lowest BCUT2D eigenvalue weighted by Crippen LogP contribution is -2.40. The lowest BCUT2D eigenvalue weighted by Gasteiger charge is -2.27. The maximum absolute atomic E-state index is 5.62. The number of nitrogens with one attached hydrogen (secondary N) is 1. The van der Waals surface area contributed by atoms with Crippen LogP contribution in [-0.4, -0.2) is 49.6 Å². The maximum Gasteiger partial charge on any atom is 0.337 e. The Morgan fingerprint density at radius 3 is 2.19 bits per heavy atom. The fourth-order valence-corrected chi connectivity index (χ4v) is 4.49. The highest BCUT2D eigenvalue weighted by Crippen LogP contribution is 2.20. The number of ether oxygens (including phenoxy) is 1. The molecular weight excluding hydrogens is 222 g/mol. The summed E-state index contributed by atoms with van der Waals surface area (Å²) in [5.74, 6) is 0. The van der Waals surface area contributed by atoms with E-state index in [-0.39, 0.29) is 0 Å². The second-order valence-corrected chi connectivity index (χ2v) is 7.55.